The Bertz CT molecular complexity index is 470. The van der Waals surface area contributed by atoms with Crippen molar-refractivity contribution in [2.45, 2.75) is 0 Å². The van der Waals surface area contributed by atoms with Gasteiger partial charge in [0.25, 0.3) is 0 Å². The Kier molecular flexibility index (Phi) is 1.37. The summed E-state index contributed by atoms with van der Waals surface area (Å²) >= 11 is 0. The lowest BCUT2D eigenvalue weighted by Gasteiger charge is -1.94. The smallest absolute Gasteiger partial charge is 0.200 e. The molecule has 0 aliphatic rings. The van der Waals surface area contributed by atoms with E-state index in [-0.39, 0.29) is 11.2 Å². The van der Waals surface area contributed by atoms with Crippen molar-refractivity contribution in [1.82, 2.24) is 0 Å². The fourth-order valence-electron chi connectivity index (χ4n) is 1.02. The highest BCUT2D eigenvalue weighted by Gasteiger charge is 1.99. The van der Waals surface area contributed by atoms with Crippen LogP contribution in [-0.4, -0.2) is 5.11 Å². The maximum atomic E-state index is 11.1. The molecule has 1 aromatic carbocycles. The summed E-state index contributed by atoms with van der Waals surface area (Å²) in [6.07, 6.45) is 1.18. The second-order valence-corrected chi connectivity index (χ2v) is 2.39. The van der Waals surface area contributed by atoms with Gasteiger partial charge in [0.2, 0.25) is 5.43 Å². The molecule has 0 saturated heterocycles. The van der Waals surface area contributed by atoms with E-state index in [0.29, 0.717) is 11.0 Å². The number of aromatic hydroxyl groups is 1. The highest BCUT2D eigenvalue weighted by atomic mass is 16.3. The van der Waals surface area contributed by atoms with Crippen LogP contribution in [0.15, 0.2) is 33.7 Å². The summed E-state index contributed by atoms with van der Waals surface area (Å²) in [5.41, 5.74) is 0.148. The van der Waals surface area contributed by atoms with Gasteiger partial charge < -0.3 is 9.52 Å². The summed E-state index contributed by atoms with van der Waals surface area (Å²) in [5, 5.41) is 9.48. The lowest BCUT2D eigenvalue weighted by molar-refractivity contribution is 0.474. The first kappa shape index (κ1) is 6.91. The van der Waals surface area contributed by atoms with Gasteiger partial charge in [0.1, 0.15) is 17.6 Å². The topological polar surface area (TPSA) is 50.4 Å². The molecule has 0 saturated carbocycles. The van der Waals surface area contributed by atoms with Gasteiger partial charge in [-0.25, -0.2) is 0 Å². The van der Waals surface area contributed by atoms with E-state index in [1.807, 2.05) is 0 Å². The van der Waals surface area contributed by atoms with Gasteiger partial charge in [-0.05, 0) is 12.1 Å². The molecule has 0 aliphatic heterocycles. The maximum Gasteiger partial charge on any atom is 0.200 e. The van der Waals surface area contributed by atoms with E-state index in [1.54, 1.807) is 0 Å². The molecule has 1 N–H and O–H groups in total. The van der Waals surface area contributed by atoms with Gasteiger partial charge in [-0.15, -0.1) is 0 Å². The van der Waals surface area contributed by atoms with Crippen molar-refractivity contribution in [3.8, 4) is 5.75 Å². The molecule has 0 bridgehead atoms. The molecule has 0 fully saturated rings. The number of phenols is 1. The first-order chi connectivity index (χ1) is 5.77. The van der Waals surface area contributed by atoms with Crippen molar-refractivity contribution in [3.05, 3.63) is 40.8 Å². The zero-order chi connectivity index (χ0) is 8.55. The van der Waals surface area contributed by atoms with Crippen LogP contribution in [0.1, 0.15) is 0 Å². The van der Waals surface area contributed by atoms with E-state index in [4.69, 9.17) is 9.52 Å². The number of fused-ring (bicyclic) bond motifs is 1. The average molecular weight is 161 g/mol. The molecule has 12 heavy (non-hydrogen) atoms. The molecule has 0 unspecified atom stereocenters. The quantitative estimate of drug-likeness (QED) is 0.633. The van der Waals surface area contributed by atoms with Crippen LogP contribution in [0.4, 0.5) is 0 Å². The van der Waals surface area contributed by atoms with Crippen LogP contribution in [-0.2, 0) is 0 Å². The SMILES string of the molecule is O=c1[c]coc2cc(O)ccc12. The fraction of sp³-hybridized carbons (Fsp3) is 0. The van der Waals surface area contributed by atoms with E-state index in [0.717, 1.165) is 0 Å². The number of hydrogen-bond donors (Lipinski definition) is 1. The van der Waals surface area contributed by atoms with Gasteiger partial charge in [-0.2, -0.15) is 0 Å². The molecule has 1 aromatic heterocycles. The van der Waals surface area contributed by atoms with Gasteiger partial charge in [-0.3, -0.25) is 4.79 Å². The standard InChI is InChI=1S/C9H5O3/c10-6-1-2-7-8(11)3-4-12-9(7)5-6/h1-2,4-5,10H. The fourth-order valence-corrected chi connectivity index (χ4v) is 1.02. The molecule has 2 aromatic rings. The van der Waals surface area contributed by atoms with Gasteiger partial charge in [-0.1, -0.05) is 0 Å². The third-order valence-electron chi connectivity index (χ3n) is 1.59. The van der Waals surface area contributed by atoms with Crippen LogP contribution in [0, 0.1) is 6.07 Å². The van der Waals surface area contributed by atoms with E-state index < -0.39 is 0 Å². The van der Waals surface area contributed by atoms with Crippen molar-refractivity contribution >= 4 is 11.0 Å². The molecular weight excluding hydrogens is 156 g/mol. The van der Waals surface area contributed by atoms with Crippen LogP contribution < -0.4 is 5.43 Å². The third-order valence-corrected chi connectivity index (χ3v) is 1.59. The van der Waals surface area contributed by atoms with Gasteiger partial charge in [0.15, 0.2) is 0 Å². The molecule has 2 rings (SSSR count). The summed E-state index contributed by atoms with van der Waals surface area (Å²) in [4.78, 5) is 11.1. The molecule has 1 radical (unpaired) electrons. The first-order valence-electron chi connectivity index (χ1n) is 3.39. The predicted octanol–water partition coefficient (Wildman–Crippen LogP) is 1.30. The Balaban J connectivity index is 2.96. The Morgan fingerprint density at radius 3 is 3.08 bits per heavy atom. The molecular formula is C9H5O3. The zero-order valence-corrected chi connectivity index (χ0v) is 6.07. The van der Waals surface area contributed by atoms with Crippen LogP contribution in [0.3, 0.4) is 0 Å². The summed E-state index contributed by atoms with van der Waals surface area (Å²) < 4.78 is 4.96. The highest BCUT2D eigenvalue weighted by Crippen LogP contribution is 2.15. The molecule has 0 aliphatic carbocycles. The summed E-state index contributed by atoms with van der Waals surface area (Å²) in [6.45, 7) is 0. The molecule has 0 spiro atoms. The van der Waals surface area contributed by atoms with E-state index in [9.17, 15) is 4.79 Å². The van der Waals surface area contributed by atoms with Crippen LogP contribution in [0.25, 0.3) is 11.0 Å². The van der Waals surface area contributed by atoms with Crippen LogP contribution in [0.2, 0.25) is 0 Å². The molecule has 3 nitrogen and oxygen atoms in total. The number of hydrogen-bond acceptors (Lipinski definition) is 3. The minimum absolute atomic E-state index is 0.0804. The number of benzene rings is 1. The third kappa shape index (κ3) is 0.955. The first-order valence-corrected chi connectivity index (χ1v) is 3.39. The van der Waals surface area contributed by atoms with Gasteiger partial charge in [0, 0.05) is 6.07 Å². The molecule has 0 atom stereocenters. The minimum atomic E-state index is -0.226. The van der Waals surface area contributed by atoms with E-state index in [1.165, 1.54) is 24.5 Å². The summed E-state index contributed by atoms with van der Waals surface area (Å²) in [5.74, 6) is 0.0804. The summed E-state index contributed by atoms with van der Waals surface area (Å²) in [7, 11) is 0. The van der Waals surface area contributed by atoms with Crippen LogP contribution >= 0.6 is 0 Å². The van der Waals surface area contributed by atoms with Crippen molar-refractivity contribution in [3.63, 3.8) is 0 Å². The predicted molar refractivity (Wildman–Crippen MR) is 43.0 cm³/mol. The van der Waals surface area contributed by atoms with Gasteiger partial charge >= 0.3 is 0 Å². The second kappa shape index (κ2) is 2.37. The van der Waals surface area contributed by atoms with Crippen LogP contribution in [0.5, 0.6) is 5.75 Å². The Hall–Kier alpha value is -1.77. The van der Waals surface area contributed by atoms with E-state index >= 15 is 0 Å². The molecule has 1 heterocycles. The molecule has 3 heteroatoms. The van der Waals surface area contributed by atoms with E-state index in [2.05, 4.69) is 6.07 Å². The number of phenolic OH excluding ortho intramolecular Hbond substituents is 1. The van der Waals surface area contributed by atoms with Gasteiger partial charge in [0.05, 0.1) is 11.5 Å². The Morgan fingerprint density at radius 2 is 2.25 bits per heavy atom. The molecule has 0 amide bonds. The maximum absolute atomic E-state index is 11.1. The summed E-state index contributed by atoms with van der Waals surface area (Å²) in [6, 6.07) is 6.73. The lowest BCUT2D eigenvalue weighted by atomic mass is 10.2. The Morgan fingerprint density at radius 1 is 1.42 bits per heavy atom. The largest absolute Gasteiger partial charge is 0.508 e. The lowest BCUT2D eigenvalue weighted by Crippen LogP contribution is -1.97. The molecule has 59 valence electrons. The number of rotatable bonds is 0. The van der Waals surface area contributed by atoms with Crippen molar-refractivity contribution in [1.29, 1.82) is 0 Å². The van der Waals surface area contributed by atoms with Crippen molar-refractivity contribution in [2.75, 3.05) is 0 Å². The normalized spacial score (nSPS) is 10.3. The van der Waals surface area contributed by atoms with Crippen molar-refractivity contribution in [2.24, 2.45) is 0 Å². The van der Waals surface area contributed by atoms with Crippen molar-refractivity contribution < 1.29 is 9.52 Å². The Labute approximate surface area is 67.9 Å². The minimum Gasteiger partial charge on any atom is -0.508 e. The highest BCUT2D eigenvalue weighted by molar-refractivity contribution is 5.77. The zero-order valence-electron chi connectivity index (χ0n) is 6.07. The average Bonchev–Trinajstić information content (AvgIpc) is 2.04. The second-order valence-electron chi connectivity index (χ2n) is 2.39. The monoisotopic (exact) mass is 161 g/mol.